The minimum absolute atomic E-state index is 0.0533. The van der Waals surface area contributed by atoms with Crippen LogP contribution in [-0.2, 0) is 0 Å². The van der Waals surface area contributed by atoms with Gasteiger partial charge in [-0.3, -0.25) is 4.79 Å². The molecule has 1 aromatic carbocycles. The van der Waals surface area contributed by atoms with E-state index in [9.17, 15) is 4.79 Å². The Morgan fingerprint density at radius 3 is 2.68 bits per heavy atom. The van der Waals surface area contributed by atoms with Crippen LogP contribution in [0.4, 0.5) is 0 Å². The Kier molecular flexibility index (Phi) is 4.01. The van der Waals surface area contributed by atoms with Gasteiger partial charge in [-0.15, -0.1) is 0 Å². The average molecular weight is 298 g/mol. The second-order valence-corrected chi connectivity index (χ2v) is 6.34. The number of aryl methyl sites for hydroxylation is 1. The summed E-state index contributed by atoms with van der Waals surface area (Å²) < 4.78 is 5.26. The minimum Gasteiger partial charge on any atom is -0.351 e. The molecule has 0 aliphatic carbocycles. The summed E-state index contributed by atoms with van der Waals surface area (Å²) in [7, 11) is 0. The van der Waals surface area contributed by atoms with Gasteiger partial charge < -0.3 is 9.42 Å². The lowest BCUT2D eigenvalue weighted by molar-refractivity contribution is 0.0693. The molecule has 2 aromatic rings. The molecule has 0 spiro atoms. The van der Waals surface area contributed by atoms with E-state index >= 15 is 0 Å². The third-order valence-corrected chi connectivity index (χ3v) is 4.31. The summed E-state index contributed by atoms with van der Waals surface area (Å²) in [5.74, 6) is 0.557. The van der Waals surface area contributed by atoms with Crippen molar-refractivity contribution < 1.29 is 9.32 Å². The minimum atomic E-state index is -0.0533. The maximum Gasteiger partial charge on any atom is 0.292 e. The van der Waals surface area contributed by atoms with E-state index in [4.69, 9.17) is 4.52 Å². The summed E-state index contributed by atoms with van der Waals surface area (Å²) in [5, 5.41) is 4.00. The average Bonchev–Trinajstić information content (AvgIpc) is 3.17. The lowest BCUT2D eigenvalue weighted by atomic mass is 10.0. The van der Waals surface area contributed by atoms with Crippen LogP contribution in [0.1, 0.15) is 66.0 Å². The highest BCUT2D eigenvalue weighted by Crippen LogP contribution is 2.33. The molecule has 22 heavy (non-hydrogen) atoms. The second kappa shape index (κ2) is 5.95. The standard InChI is InChI=1S/C18H22N2O2/c1-12(2)15-11-17(22-19-15)18(21)20-10-4-5-16(20)14-8-6-13(3)7-9-14/h6-9,11-12,16H,4-5,10H2,1-3H3/t16-/m1/s1. The summed E-state index contributed by atoms with van der Waals surface area (Å²) in [5.41, 5.74) is 3.26. The number of rotatable bonds is 3. The van der Waals surface area contributed by atoms with Crippen molar-refractivity contribution in [2.75, 3.05) is 6.54 Å². The number of amides is 1. The maximum atomic E-state index is 12.7. The molecular weight excluding hydrogens is 276 g/mol. The fourth-order valence-corrected chi connectivity index (χ4v) is 2.95. The van der Waals surface area contributed by atoms with E-state index in [-0.39, 0.29) is 17.9 Å². The highest BCUT2D eigenvalue weighted by Gasteiger charge is 2.32. The van der Waals surface area contributed by atoms with Gasteiger partial charge in [-0.05, 0) is 31.2 Å². The monoisotopic (exact) mass is 298 g/mol. The first-order chi connectivity index (χ1) is 10.6. The molecule has 4 heteroatoms. The highest BCUT2D eigenvalue weighted by atomic mass is 16.5. The fourth-order valence-electron chi connectivity index (χ4n) is 2.95. The molecule has 0 bridgehead atoms. The SMILES string of the molecule is Cc1ccc([C@H]2CCCN2C(=O)c2cc(C(C)C)no2)cc1. The summed E-state index contributed by atoms with van der Waals surface area (Å²) in [6.07, 6.45) is 2.02. The molecule has 3 rings (SSSR count). The van der Waals surface area contributed by atoms with Crippen LogP contribution < -0.4 is 0 Å². The van der Waals surface area contributed by atoms with Crippen molar-refractivity contribution >= 4 is 5.91 Å². The first-order valence-corrected chi connectivity index (χ1v) is 7.90. The van der Waals surface area contributed by atoms with Crippen LogP contribution in [0.25, 0.3) is 0 Å². The molecule has 1 aliphatic heterocycles. The van der Waals surface area contributed by atoms with Crippen molar-refractivity contribution in [3.63, 3.8) is 0 Å². The van der Waals surface area contributed by atoms with Gasteiger partial charge in [-0.1, -0.05) is 48.8 Å². The van der Waals surface area contributed by atoms with Gasteiger partial charge in [-0.25, -0.2) is 0 Å². The normalized spacial score (nSPS) is 18.2. The molecule has 1 saturated heterocycles. The van der Waals surface area contributed by atoms with Crippen LogP contribution >= 0.6 is 0 Å². The summed E-state index contributed by atoms with van der Waals surface area (Å²) in [4.78, 5) is 14.6. The smallest absolute Gasteiger partial charge is 0.292 e. The first kappa shape index (κ1) is 14.8. The number of aromatic nitrogens is 1. The van der Waals surface area contributed by atoms with E-state index in [1.807, 2.05) is 18.7 Å². The van der Waals surface area contributed by atoms with Gasteiger partial charge in [-0.2, -0.15) is 0 Å². The van der Waals surface area contributed by atoms with Gasteiger partial charge >= 0.3 is 0 Å². The van der Waals surface area contributed by atoms with E-state index in [0.29, 0.717) is 5.76 Å². The number of benzene rings is 1. The number of likely N-dealkylation sites (tertiary alicyclic amines) is 1. The third kappa shape index (κ3) is 2.78. The largest absolute Gasteiger partial charge is 0.351 e. The lowest BCUT2D eigenvalue weighted by Gasteiger charge is -2.24. The van der Waals surface area contributed by atoms with Crippen LogP contribution in [-0.4, -0.2) is 22.5 Å². The van der Waals surface area contributed by atoms with Crippen LogP contribution in [0.5, 0.6) is 0 Å². The Morgan fingerprint density at radius 1 is 1.32 bits per heavy atom. The van der Waals surface area contributed by atoms with Gasteiger partial charge in [0, 0.05) is 12.6 Å². The molecule has 116 valence electrons. The van der Waals surface area contributed by atoms with Crippen LogP contribution in [0.3, 0.4) is 0 Å². The van der Waals surface area contributed by atoms with Gasteiger partial charge in [0.1, 0.15) is 0 Å². The fraction of sp³-hybridized carbons (Fsp3) is 0.444. The van der Waals surface area contributed by atoms with Gasteiger partial charge in [0.2, 0.25) is 5.76 Å². The van der Waals surface area contributed by atoms with Crippen molar-refractivity contribution in [2.24, 2.45) is 0 Å². The first-order valence-electron chi connectivity index (χ1n) is 7.90. The molecule has 0 N–H and O–H groups in total. The van der Waals surface area contributed by atoms with Crippen molar-refractivity contribution in [1.82, 2.24) is 10.1 Å². The quantitative estimate of drug-likeness (QED) is 0.857. The predicted molar refractivity (Wildman–Crippen MR) is 84.8 cm³/mol. The molecule has 4 nitrogen and oxygen atoms in total. The number of hydrogen-bond donors (Lipinski definition) is 0. The third-order valence-electron chi connectivity index (χ3n) is 4.31. The van der Waals surface area contributed by atoms with Gasteiger partial charge in [0.05, 0.1) is 11.7 Å². The molecule has 1 atom stereocenters. The van der Waals surface area contributed by atoms with E-state index in [0.717, 1.165) is 25.1 Å². The molecule has 1 fully saturated rings. The van der Waals surface area contributed by atoms with E-state index < -0.39 is 0 Å². The predicted octanol–water partition coefficient (Wildman–Crippen LogP) is 4.08. The van der Waals surface area contributed by atoms with Crippen molar-refractivity contribution in [1.29, 1.82) is 0 Å². The van der Waals surface area contributed by atoms with Crippen LogP contribution in [0.2, 0.25) is 0 Å². The summed E-state index contributed by atoms with van der Waals surface area (Å²) in [6.45, 7) is 6.92. The summed E-state index contributed by atoms with van der Waals surface area (Å²) >= 11 is 0. The van der Waals surface area contributed by atoms with E-state index in [2.05, 4.69) is 36.3 Å². The Bertz CT molecular complexity index is 658. The molecule has 0 radical (unpaired) electrons. The van der Waals surface area contributed by atoms with Crippen LogP contribution in [0, 0.1) is 6.92 Å². The second-order valence-electron chi connectivity index (χ2n) is 6.34. The Morgan fingerprint density at radius 2 is 2.05 bits per heavy atom. The maximum absolute atomic E-state index is 12.7. The molecular formula is C18H22N2O2. The zero-order chi connectivity index (χ0) is 15.7. The molecule has 2 heterocycles. The summed E-state index contributed by atoms with van der Waals surface area (Å²) in [6, 6.07) is 10.3. The molecule has 0 unspecified atom stereocenters. The van der Waals surface area contributed by atoms with E-state index in [1.165, 1.54) is 11.1 Å². The zero-order valence-corrected chi connectivity index (χ0v) is 13.4. The number of hydrogen-bond acceptors (Lipinski definition) is 3. The van der Waals surface area contributed by atoms with Crippen LogP contribution in [0.15, 0.2) is 34.9 Å². The lowest BCUT2D eigenvalue weighted by Crippen LogP contribution is -2.30. The zero-order valence-electron chi connectivity index (χ0n) is 13.4. The number of nitrogens with zero attached hydrogens (tertiary/aromatic N) is 2. The van der Waals surface area contributed by atoms with Gasteiger partial charge in [0.15, 0.2) is 0 Å². The van der Waals surface area contributed by atoms with Crippen molar-refractivity contribution in [3.8, 4) is 0 Å². The highest BCUT2D eigenvalue weighted by molar-refractivity contribution is 5.92. The van der Waals surface area contributed by atoms with E-state index in [1.54, 1.807) is 6.07 Å². The molecule has 1 aromatic heterocycles. The molecule has 1 aliphatic rings. The van der Waals surface area contributed by atoms with Crippen molar-refractivity contribution in [3.05, 3.63) is 52.9 Å². The van der Waals surface area contributed by atoms with Gasteiger partial charge in [0.25, 0.3) is 5.91 Å². The van der Waals surface area contributed by atoms with Crippen molar-refractivity contribution in [2.45, 2.75) is 45.6 Å². The number of carbonyl (C=O) groups is 1. The Labute approximate surface area is 131 Å². The topological polar surface area (TPSA) is 46.3 Å². The Balaban J connectivity index is 1.82. The Hall–Kier alpha value is -2.10. The number of carbonyl (C=O) groups excluding carboxylic acids is 1. The molecule has 1 amide bonds. The molecule has 0 saturated carbocycles.